The van der Waals surface area contributed by atoms with E-state index in [1.54, 1.807) is 17.5 Å². The first-order chi connectivity index (χ1) is 18.2. The van der Waals surface area contributed by atoms with Crippen molar-refractivity contribution in [3.8, 4) is 10.4 Å². The van der Waals surface area contributed by atoms with Gasteiger partial charge in [-0.1, -0.05) is 18.9 Å². The Bertz CT molecular complexity index is 1410. The molecule has 8 nitrogen and oxygen atoms in total. The van der Waals surface area contributed by atoms with Gasteiger partial charge in [0, 0.05) is 34.8 Å². The van der Waals surface area contributed by atoms with Crippen LogP contribution in [-0.4, -0.2) is 31.9 Å². The molecule has 0 bridgehead atoms. The molecule has 4 atom stereocenters. The van der Waals surface area contributed by atoms with E-state index < -0.39 is 0 Å². The summed E-state index contributed by atoms with van der Waals surface area (Å²) in [7, 11) is 0. The molecule has 1 aliphatic heterocycles. The van der Waals surface area contributed by atoms with E-state index in [1.165, 1.54) is 10.4 Å². The van der Waals surface area contributed by atoms with Gasteiger partial charge in [-0.2, -0.15) is 0 Å². The molecule has 2 saturated carbocycles. The fourth-order valence-electron chi connectivity index (χ4n) is 6.53. The molecule has 3 fully saturated rings. The number of anilines is 1. The van der Waals surface area contributed by atoms with Crippen molar-refractivity contribution in [3.05, 3.63) is 59.6 Å². The van der Waals surface area contributed by atoms with Crippen molar-refractivity contribution >= 4 is 34.1 Å². The highest BCUT2D eigenvalue weighted by atomic mass is 32.1. The zero-order valence-corrected chi connectivity index (χ0v) is 21.4. The van der Waals surface area contributed by atoms with E-state index >= 15 is 0 Å². The van der Waals surface area contributed by atoms with E-state index in [1.807, 2.05) is 12.4 Å². The molecule has 1 saturated heterocycles. The fraction of sp³-hybridized carbons (Fsp3) is 0.429. The maximum atomic E-state index is 12.7. The van der Waals surface area contributed by atoms with Gasteiger partial charge in [-0.15, -0.1) is 11.3 Å². The Hall–Kier alpha value is -3.14. The summed E-state index contributed by atoms with van der Waals surface area (Å²) < 4.78 is 0. The Morgan fingerprint density at radius 3 is 2.86 bits per heavy atom. The molecule has 1 amide bonds. The second kappa shape index (κ2) is 9.63. The Balaban J connectivity index is 1.11. The Kier molecular flexibility index (Phi) is 5.99. The molecule has 4 unspecified atom stereocenters. The van der Waals surface area contributed by atoms with Crippen LogP contribution in [0.2, 0.25) is 0 Å². The van der Waals surface area contributed by atoms with Crippen LogP contribution >= 0.6 is 11.3 Å². The van der Waals surface area contributed by atoms with Crippen molar-refractivity contribution < 1.29 is 4.79 Å². The largest absolute Gasteiger partial charge is 0.339 e. The normalized spacial score (nSPS) is 25.9. The zero-order chi connectivity index (χ0) is 24.8. The van der Waals surface area contributed by atoms with E-state index in [0.29, 0.717) is 17.9 Å². The average molecular weight is 514 g/mol. The van der Waals surface area contributed by atoms with Gasteiger partial charge in [-0.05, 0) is 73.1 Å². The zero-order valence-electron chi connectivity index (χ0n) is 20.6. The summed E-state index contributed by atoms with van der Waals surface area (Å²) in [5.74, 6) is 2.01. The monoisotopic (exact) mass is 513 g/mol. The molecule has 37 heavy (non-hydrogen) atoms. The maximum absolute atomic E-state index is 12.7. The minimum atomic E-state index is 0.0800. The van der Waals surface area contributed by atoms with Crippen LogP contribution in [0.25, 0.3) is 21.6 Å². The average Bonchev–Trinajstić information content (AvgIpc) is 3.74. The summed E-state index contributed by atoms with van der Waals surface area (Å²) in [6.07, 6.45) is 13.1. The van der Waals surface area contributed by atoms with Crippen molar-refractivity contribution in [2.75, 3.05) is 5.32 Å². The van der Waals surface area contributed by atoms with Gasteiger partial charge in [0.15, 0.2) is 5.65 Å². The first-order valence-corrected chi connectivity index (χ1v) is 14.3. The second-order valence-electron chi connectivity index (χ2n) is 10.7. The van der Waals surface area contributed by atoms with Crippen molar-refractivity contribution in [3.63, 3.8) is 0 Å². The highest BCUT2D eigenvalue weighted by Crippen LogP contribution is 2.44. The van der Waals surface area contributed by atoms with Gasteiger partial charge in [0.1, 0.15) is 5.82 Å². The molecule has 0 spiro atoms. The van der Waals surface area contributed by atoms with Gasteiger partial charge in [0.05, 0.1) is 23.4 Å². The molecule has 0 radical (unpaired) electrons. The van der Waals surface area contributed by atoms with Crippen molar-refractivity contribution in [2.24, 2.45) is 11.8 Å². The first kappa shape index (κ1) is 23.0. The minimum Gasteiger partial charge on any atom is -0.339 e. The lowest BCUT2D eigenvalue weighted by Crippen LogP contribution is -2.34. The van der Waals surface area contributed by atoms with Gasteiger partial charge in [0.2, 0.25) is 5.91 Å². The van der Waals surface area contributed by atoms with Crippen molar-refractivity contribution in [1.82, 2.24) is 30.8 Å². The summed E-state index contributed by atoms with van der Waals surface area (Å²) in [6.45, 7) is 0. The second-order valence-corrected chi connectivity index (χ2v) is 11.6. The van der Waals surface area contributed by atoms with Gasteiger partial charge < -0.3 is 10.3 Å². The van der Waals surface area contributed by atoms with Crippen LogP contribution in [0.4, 0.5) is 5.69 Å². The Labute approximate surface area is 219 Å². The van der Waals surface area contributed by atoms with E-state index in [2.05, 4.69) is 60.8 Å². The van der Waals surface area contributed by atoms with E-state index in [9.17, 15) is 4.79 Å². The first-order valence-electron chi connectivity index (χ1n) is 13.4. The summed E-state index contributed by atoms with van der Waals surface area (Å²) in [6, 6.07) is 8.88. The van der Waals surface area contributed by atoms with E-state index in [4.69, 9.17) is 4.98 Å². The molecular weight excluding hydrogens is 482 g/mol. The third-order valence-electron chi connectivity index (χ3n) is 8.47. The summed E-state index contributed by atoms with van der Waals surface area (Å²) in [5, 5.41) is 5.22. The molecule has 4 aromatic heterocycles. The summed E-state index contributed by atoms with van der Waals surface area (Å²) in [5.41, 5.74) is 12.0. The van der Waals surface area contributed by atoms with Gasteiger partial charge in [0.25, 0.3) is 0 Å². The van der Waals surface area contributed by atoms with Crippen LogP contribution in [0.15, 0.2) is 48.2 Å². The number of carbonyl (C=O) groups is 1. The maximum Gasteiger partial charge on any atom is 0.227 e. The molecular formula is C28H31N7OS. The fourth-order valence-corrected chi connectivity index (χ4v) is 7.28. The number of aromatic nitrogens is 4. The molecule has 3 aliphatic rings. The number of carbonyl (C=O) groups excluding carboxylic acids is 1. The smallest absolute Gasteiger partial charge is 0.227 e. The molecule has 4 N–H and O–H groups in total. The number of rotatable bonds is 5. The third-order valence-corrected chi connectivity index (χ3v) is 9.37. The number of H-pyrrole nitrogens is 1. The van der Waals surface area contributed by atoms with Crippen LogP contribution in [-0.2, 0) is 4.79 Å². The number of pyridine rings is 2. The lowest BCUT2D eigenvalue weighted by Gasteiger charge is -2.33. The topological polar surface area (TPSA) is 108 Å². The predicted molar refractivity (Wildman–Crippen MR) is 145 cm³/mol. The van der Waals surface area contributed by atoms with Gasteiger partial charge in [-0.25, -0.2) is 15.4 Å². The van der Waals surface area contributed by atoms with Crippen molar-refractivity contribution in [2.45, 2.75) is 62.9 Å². The molecule has 7 rings (SSSR count). The summed E-state index contributed by atoms with van der Waals surface area (Å²) >= 11 is 1.72. The van der Waals surface area contributed by atoms with Gasteiger partial charge >= 0.3 is 0 Å². The molecule has 2 aliphatic carbocycles. The summed E-state index contributed by atoms with van der Waals surface area (Å²) in [4.78, 5) is 31.4. The number of thiophene rings is 1. The van der Waals surface area contributed by atoms with Gasteiger partial charge in [-0.3, -0.25) is 15.2 Å². The Morgan fingerprint density at radius 1 is 1.08 bits per heavy atom. The number of hydrogen-bond acceptors (Lipinski definition) is 7. The van der Waals surface area contributed by atoms with Crippen LogP contribution in [0.3, 0.4) is 0 Å². The SMILES string of the molecule is O=C(Nc1cncc(C2CCC3NNC(c4nc5nccc(-c6cccs6)c5[nH]4)C3C2)c1)C1CCCC1. The molecule has 5 heterocycles. The molecule has 0 aromatic carbocycles. The predicted octanol–water partition coefficient (Wildman–Crippen LogP) is 5.31. The van der Waals surface area contributed by atoms with Crippen LogP contribution in [0.1, 0.15) is 68.3 Å². The highest BCUT2D eigenvalue weighted by molar-refractivity contribution is 7.13. The molecule has 4 aromatic rings. The quantitative estimate of drug-likeness (QED) is 0.288. The number of fused-ring (bicyclic) bond motifs is 2. The number of hydrazine groups is 1. The number of nitrogens with zero attached hydrogens (tertiary/aromatic N) is 3. The number of aromatic amines is 1. The number of nitrogens with one attached hydrogen (secondary N) is 4. The highest BCUT2D eigenvalue weighted by Gasteiger charge is 2.43. The van der Waals surface area contributed by atoms with E-state index in [-0.39, 0.29) is 17.9 Å². The van der Waals surface area contributed by atoms with Crippen LogP contribution in [0.5, 0.6) is 0 Å². The van der Waals surface area contributed by atoms with Crippen molar-refractivity contribution in [1.29, 1.82) is 0 Å². The van der Waals surface area contributed by atoms with Crippen LogP contribution in [0, 0.1) is 11.8 Å². The standard InChI is InChI=1S/C28H31N7OS/c36-28(16-4-1-2-5-16)31-19-12-18(14-29-15-19)17-7-8-22-21(13-17)25(35-34-22)27-32-24-20(23-6-3-11-37-23)9-10-30-26(24)33-27/h3,6,9-12,14-17,21-22,25,34-35H,1-2,4-5,7-8,13H2,(H,31,36)(H,30,32,33). The third kappa shape index (κ3) is 4.35. The number of imidazole rings is 1. The van der Waals surface area contributed by atoms with E-state index in [0.717, 1.165) is 73.2 Å². The Morgan fingerprint density at radius 2 is 2.00 bits per heavy atom. The molecule has 9 heteroatoms. The number of amides is 1. The number of hydrogen-bond donors (Lipinski definition) is 4. The van der Waals surface area contributed by atoms with Crippen LogP contribution < -0.4 is 16.2 Å². The molecule has 190 valence electrons. The lowest BCUT2D eigenvalue weighted by molar-refractivity contribution is -0.119. The lowest BCUT2D eigenvalue weighted by atomic mass is 9.73. The minimum absolute atomic E-state index is 0.0800.